The summed E-state index contributed by atoms with van der Waals surface area (Å²) in [6.45, 7) is 3.73. The minimum Gasteiger partial charge on any atom is -0.454 e. The van der Waals surface area contributed by atoms with Gasteiger partial charge in [0.05, 0.1) is 11.7 Å². The van der Waals surface area contributed by atoms with E-state index in [0.717, 1.165) is 24.6 Å². The van der Waals surface area contributed by atoms with Crippen LogP contribution in [0, 0.1) is 0 Å². The van der Waals surface area contributed by atoms with Gasteiger partial charge in [0.1, 0.15) is 0 Å². The average molecular weight is 351 g/mol. The van der Waals surface area contributed by atoms with Crippen molar-refractivity contribution in [2.24, 2.45) is 0 Å². The summed E-state index contributed by atoms with van der Waals surface area (Å²) in [7, 11) is 0. The lowest BCUT2D eigenvalue weighted by Gasteiger charge is -2.40. The third-order valence-corrected chi connectivity index (χ3v) is 5.98. The van der Waals surface area contributed by atoms with Crippen molar-refractivity contribution in [3.8, 4) is 11.5 Å². The Morgan fingerprint density at radius 2 is 1.81 bits per heavy atom. The van der Waals surface area contributed by atoms with Crippen molar-refractivity contribution in [2.75, 3.05) is 31.3 Å². The van der Waals surface area contributed by atoms with Crippen LogP contribution in [0.4, 0.5) is 5.69 Å². The van der Waals surface area contributed by atoms with E-state index in [4.69, 9.17) is 9.47 Å². The SMILES string of the molecule is c1ccc([C@H]2CCCN2C2CCN(c3ccc4c(c3)OCO4)CC2)nc1. The molecular formula is C21H25N3O2. The number of aromatic nitrogens is 1. The van der Waals surface area contributed by atoms with E-state index >= 15 is 0 Å². The Labute approximate surface area is 154 Å². The molecule has 136 valence electrons. The van der Waals surface area contributed by atoms with Crippen LogP contribution in [0.5, 0.6) is 11.5 Å². The van der Waals surface area contributed by atoms with Gasteiger partial charge in [0.2, 0.25) is 6.79 Å². The maximum absolute atomic E-state index is 5.53. The monoisotopic (exact) mass is 351 g/mol. The van der Waals surface area contributed by atoms with Crippen LogP contribution in [-0.4, -0.2) is 42.4 Å². The highest BCUT2D eigenvalue weighted by molar-refractivity contribution is 5.57. The molecule has 1 aromatic carbocycles. The van der Waals surface area contributed by atoms with E-state index < -0.39 is 0 Å². The molecule has 5 nitrogen and oxygen atoms in total. The summed E-state index contributed by atoms with van der Waals surface area (Å²) in [5, 5.41) is 0. The van der Waals surface area contributed by atoms with Crippen LogP contribution in [0.15, 0.2) is 42.6 Å². The molecule has 0 N–H and O–H groups in total. The van der Waals surface area contributed by atoms with Crippen LogP contribution in [-0.2, 0) is 0 Å². The van der Waals surface area contributed by atoms with Gasteiger partial charge in [-0.3, -0.25) is 9.88 Å². The number of hydrogen-bond acceptors (Lipinski definition) is 5. The highest BCUT2D eigenvalue weighted by Crippen LogP contribution is 2.38. The molecule has 0 unspecified atom stereocenters. The van der Waals surface area contributed by atoms with Crippen molar-refractivity contribution in [3.63, 3.8) is 0 Å². The zero-order chi connectivity index (χ0) is 17.3. The van der Waals surface area contributed by atoms with Gasteiger partial charge in [-0.2, -0.15) is 0 Å². The van der Waals surface area contributed by atoms with Crippen molar-refractivity contribution in [2.45, 2.75) is 37.8 Å². The highest BCUT2D eigenvalue weighted by atomic mass is 16.7. The van der Waals surface area contributed by atoms with Gasteiger partial charge < -0.3 is 14.4 Å². The fraction of sp³-hybridized carbons (Fsp3) is 0.476. The molecule has 3 aliphatic rings. The third kappa shape index (κ3) is 2.90. The highest BCUT2D eigenvalue weighted by Gasteiger charge is 2.34. The summed E-state index contributed by atoms with van der Waals surface area (Å²) >= 11 is 0. The molecule has 0 saturated carbocycles. The number of benzene rings is 1. The van der Waals surface area contributed by atoms with Gasteiger partial charge in [-0.1, -0.05) is 6.07 Å². The summed E-state index contributed by atoms with van der Waals surface area (Å²) in [5.41, 5.74) is 2.48. The molecule has 26 heavy (non-hydrogen) atoms. The van der Waals surface area contributed by atoms with E-state index in [1.165, 1.54) is 43.6 Å². The normalized spacial score (nSPS) is 23.5. The first-order valence-electron chi connectivity index (χ1n) is 9.70. The van der Waals surface area contributed by atoms with Crippen LogP contribution in [0.25, 0.3) is 0 Å². The largest absolute Gasteiger partial charge is 0.454 e. The van der Waals surface area contributed by atoms with Gasteiger partial charge in [-0.15, -0.1) is 0 Å². The first-order chi connectivity index (χ1) is 12.9. The quantitative estimate of drug-likeness (QED) is 0.844. The van der Waals surface area contributed by atoms with Gasteiger partial charge >= 0.3 is 0 Å². The second-order valence-electron chi connectivity index (χ2n) is 7.41. The van der Waals surface area contributed by atoms with Gasteiger partial charge in [-0.25, -0.2) is 0 Å². The molecule has 0 amide bonds. The standard InChI is InChI=1S/C21H25N3O2/c1-2-10-22-18(4-1)19-5-3-11-24(19)16-8-12-23(13-9-16)17-6-7-20-21(14-17)26-15-25-20/h1-2,4,6-7,10,14,16,19H,3,5,8-9,11-13,15H2/t19-/m1/s1. The molecule has 0 aliphatic carbocycles. The number of ether oxygens (including phenoxy) is 2. The zero-order valence-electron chi connectivity index (χ0n) is 15.0. The minimum atomic E-state index is 0.338. The second kappa shape index (κ2) is 6.80. The maximum atomic E-state index is 5.53. The minimum absolute atomic E-state index is 0.338. The Bertz CT molecular complexity index is 759. The van der Waals surface area contributed by atoms with Crippen LogP contribution in [0.3, 0.4) is 0 Å². The lowest BCUT2D eigenvalue weighted by atomic mass is 10.0. The Morgan fingerprint density at radius 3 is 2.65 bits per heavy atom. The number of pyridine rings is 1. The first kappa shape index (κ1) is 15.9. The van der Waals surface area contributed by atoms with Crippen LogP contribution in [0.2, 0.25) is 0 Å². The molecule has 0 bridgehead atoms. The topological polar surface area (TPSA) is 37.8 Å². The molecule has 2 saturated heterocycles. The smallest absolute Gasteiger partial charge is 0.231 e. The third-order valence-electron chi connectivity index (χ3n) is 5.98. The second-order valence-corrected chi connectivity index (χ2v) is 7.41. The van der Waals surface area contributed by atoms with Crippen molar-refractivity contribution in [1.82, 2.24) is 9.88 Å². The number of piperidine rings is 1. The molecule has 1 aromatic heterocycles. The summed E-state index contributed by atoms with van der Waals surface area (Å²) in [4.78, 5) is 9.81. The van der Waals surface area contributed by atoms with E-state index in [9.17, 15) is 0 Å². The molecule has 2 aromatic rings. The molecule has 3 aliphatic heterocycles. The summed E-state index contributed by atoms with van der Waals surface area (Å²) in [6, 6.07) is 13.8. The predicted octanol–water partition coefficient (Wildman–Crippen LogP) is 3.62. The van der Waals surface area contributed by atoms with Crippen LogP contribution >= 0.6 is 0 Å². The number of fused-ring (bicyclic) bond motifs is 1. The van der Waals surface area contributed by atoms with Gasteiger partial charge in [0.15, 0.2) is 11.5 Å². The Balaban J connectivity index is 1.25. The summed E-state index contributed by atoms with van der Waals surface area (Å²) in [6.07, 6.45) is 6.85. The lowest BCUT2D eigenvalue weighted by Crippen LogP contribution is -2.44. The van der Waals surface area contributed by atoms with E-state index in [0.29, 0.717) is 18.9 Å². The van der Waals surface area contributed by atoms with Crippen molar-refractivity contribution < 1.29 is 9.47 Å². The van der Waals surface area contributed by atoms with E-state index in [1.807, 2.05) is 18.3 Å². The zero-order valence-corrected chi connectivity index (χ0v) is 15.0. The van der Waals surface area contributed by atoms with E-state index in [1.54, 1.807) is 0 Å². The molecule has 0 spiro atoms. The molecule has 5 rings (SSSR count). The number of anilines is 1. The van der Waals surface area contributed by atoms with E-state index in [-0.39, 0.29) is 0 Å². The van der Waals surface area contributed by atoms with Crippen LogP contribution in [0.1, 0.15) is 37.4 Å². The number of nitrogens with zero attached hydrogens (tertiary/aromatic N) is 3. The number of likely N-dealkylation sites (tertiary alicyclic amines) is 1. The molecule has 1 atom stereocenters. The maximum Gasteiger partial charge on any atom is 0.231 e. The molecule has 0 radical (unpaired) electrons. The van der Waals surface area contributed by atoms with Crippen molar-refractivity contribution >= 4 is 5.69 Å². The van der Waals surface area contributed by atoms with E-state index in [2.05, 4.69) is 39.0 Å². The van der Waals surface area contributed by atoms with Gasteiger partial charge in [0, 0.05) is 37.1 Å². The first-order valence-corrected chi connectivity index (χ1v) is 9.70. The van der Waals surface area contributed by atoms with Gasteiger partial charge in [-0.05, 0) is 56.5 Å². The molecular weight excluding hydrogens is 326 g/mol. The Hall–Kier alpha value is -2.27. The van der Waals surface area contributed by atoms with Crippen molar-refractivity contribution in [1.29, 1.82) is 0 Å². The van der Waals surface area contributed by atoms with Gasteiger partial charge in [0.25, 0.3) is 0 Å². The summed E-state index contributed by atoms with van der Waals surface area (Å²) in [5.74, 6) is 1.73. The molecule has 4 heterocycles. The predicted molar refractivity (Wildman–Crippen MR) is 101 cm³/mol. The van der Waals surface area contributed by atoms with Crippen molar-refractivity contribution in [3.05, 3.63) is 48.3 Å². The number of rotatable bonds is 3. The summed E-state index contributed by atoms with van der Waals surface area (Å²) < 4.78 is 11.0. The molecule has 2 fully saturated rings. The fourth-order valence-corrected chi connectivity index (χ4v) is 4.65. The lowest BCUT2D eigenvalue weighted by molar-refractivity contribution is 0.152. The fourth-order valence-electron chi connectivity index (χ4n) is 4.65. The molecule has 5 heteroatoms. The Kier molecular flexibility index (Phi) is 4.17. The number of hydrogen-bond donors (Lipinski definition) is 0. The Morgan fingerprint density at radius 1 is 0.923 bits per heavy atom. The average Bonchev–Trinajstić information content (AvgIpc) is 3.37. The van der Waals surface area contributed by atoms with Crippen LogP contribution < -0.4 is 14.4 Å².